The first-order valence-corrected chi connectivity index (χ1v) is 11.3. The third kappa shape index (κ3) is 1.92. The molecule has 0 N–H and O–H groups in total. The average molecular weight is 505 g/mol. The van der Waals surface area contributed by atoms with E-state index in [2.05, 4.69) is 60.7 Å². The summed E-state index contributed by atoms with van der Waals surface area (Å²) in [4.78, 5) is 29.3. The van der Waals surface area contributed by atoms with Gasteiger partial charge in [0.1, 0.15) is 0 Å². The van der Waals surface area contributed by atoms with Gasteiger partial charge in [0.15, 0.2) is 0 Å². The van der Waals surface area contributed by atoms with Crippen molar-refractivity contribution in [2.24, 2.45) is 11.8 Å². The number of halogens is 1. The van der Waals surface area contributed by atoms with Crippen molar-refractivity contribution in [1.82, 2.24) is 0 Å². The topological polar surface area (TPSA) is 37.4 Å². The number of hydrogen-bond donors (Lipinski definition) is 0. The minimum Gasteiger partial charge on any atom is -0.274 e. The molecule has 3 nitrogen and oxygen atoms in total. The lowest BCUT2D eigenvalue weighted by Gasteiger charge is -2.57. The Bertz CT molecular complexity index is 1140. The molecule has 2 bridgehead atoms. The fourth-order valence-corrected chi connectivity index (χ4v) is 6.97. The number of anilines is 1. The zero-order valence-electron chi connectivity index (χ0n) is 16.7. The van der Waals surface area contributed by atoms with Gasteiger partial charge in [0.2, 0.25) is 11.8 Å². The maximum atomic E-state index is 13.9. The number of hydrogen-bond acceptors (Lipinski definition) is 2. The summed E-state index contributed by atoms with van der Waals surface area (Å²) >= 11 is 2.22. The minimum absolute atomic E-state index is 0.0790. The molecule has 4 aliphatic rings. The number of rotatable bonds is 1. The Morgan fingerprint density at radius 3 is 1.53 bits per heavy atom. The number of carbonyl (C=O) groups is 2. The van der Waals surface area contributed by atoms with Gasteiger partial charge in [0, 0.05) is 14.4 Å². The molecule has 0 aromatic heterocycles. The summed E-state index contributed by atoms with van der Waals surface area (Å²) in [6.07, 6.45) is 0. The Balaban J connectivity index is 1.67. The van der Waals surface area contributed by atoms with Crippen molar-refractivity contribution in [3.05, 3.63) is 98.6 Å². The van der Waals surface area contributed by atoms with Crippen molar-refractivity contribution in [1.29, 1.82) is 0 Å². The van der Waals surface area contributed by atoms with E-state index in [1.165, 1.54) is 27.2 Å². The lowest BCUT2D eigenvalue weighted by atomic mass is 9.42. The molecule has 0 radical (unpaired) electrons. The van der Waals surface area contributed by atoms with Gasteiger partial charge in [-0.3, -0.25) is 9.59 Å². The SMILES string of the molecule is CC12c3ccccc3C(C)(c3ccccc31)[C@H]1C(=O)N(c3cccc(I)c3)C(=O)[C@H]12. The molecule has 0 spiro atoms. The van der Waals surface area contributed by atoms with E-state index in [4.69, 9.17) is 0 Å². The molecule has 148 valence electrons. The van der Waals surface area contributed by atoms with Gasteiger partial charge in [-0.25, -0.2) is 4.90 Å². The van der Waals surface area contributed by atoms with Crippen LogP contribution in [0.2, 0.25) is 0 Å². The molecule has 3 aromatic rings. The fourth-order valence-electron chi connectivity index (χ4n) is 6.44. The molecule has 1 saturated heterocycles. The van der Waals surface area contributed by atoms with Crippen LogP contribution in [0.25, 0.3) is 0 Å². The Labute approximate surface area is 189 Å². The predicted octanol–water partition coefficient (Wildman–Crippen LogP) is 5.04. The Morgan fingerprint density at radius 1 is 0.700 bits per heavy atom. The Kier molecular flexibility index (Phi) is 3.55. The molecular formula is C26H20INO2. The normalized spacial score (nSPS) is 30.8. The second kappa shape index (κ2) is 5.82. The summed E-state index contributed by atoms with van der Waals surface area (Å²) in [6, 6.07) is 24.4. The molecule has 1 aliphatic heterocycles. The number of benzene rings is 3. The van der Waals surface area contributed by atoms with E-state index >= 15 is 0 Å². The summed E-state index contributed by atoms with van der Waals surface area (Å²) in [6.45, 7) is 4.31. The molecule has 2 amide bonds. The molecule has 3 aliphatic carbocycles. The van der Waals surface area contributed by atoms with Gasteiger partial charge in [-0.05, 0) is 63.0 Å². The van der Waals surface area contributed by atoms with Gasteiger partial charge in [0.25, 0.3) is 0 Å². The van der Waals surface area contributed by atoms with Crippen LogP contribution in [0.4, 0.5) is 5.69 Å². The quantitative estimate of drug-likeness (QED) is 0.344. The zero-order valence-corrected chi connectivity index (χ0v) is 18.9. The van der Waals surface area contributed by atoms with Gasteiger partial charge in [0.05, 0.1) is 17.5 Å². The lowest BCUT2D eigenvalue weighted by Crippen LogP contribution is -2.59. The molecule has 4 heteroatoms. The highest BCUT2D eigenvalue weighted by atomic mass is 127. The maximum absolute atomic E-state index is 13.9. The van der Waals surface area contributed by atoms with E-state index in [9.17, 15) is 9.59 Å². The second-order valence-electron chi connectivity index (χ2n) is 8.94. The predicted molar refractivity (Wildman–Crippen MR) is 124 cm³/mol. The summed E-state index contributed by atoms with van der Waals surface area (Å²) in [7, 11) is 0. The van der Waals surface area contributed by atoms with Crippen LogP contribution in [-0.2, 0) is 20.4 Å². The molecular weight excluding hydrogens is 485 g/mol. The van der Waals surface area contributed by atoms with Crippen molar-refractivity contribution in [2.45, 2.75) is 24.7 Å². The van der Waals surface area contributed by atoms with Crippen LogP contribution in [0, 0.1) is 15.4 Å². The van der Waals surface area contributed by atoms with Gasteiger partial charge in [-0.2, -0.15) is 0 Å². The van der Waals surface area contributed by atoms with Crippen LogP contribution in [0.5, 0.6) is 0 Å². The summed E-state index contributed by atoms with van der Waals surface area (Å²) in [5.41, 5.74) is 4.33. The van der Waals surface area contributed by atoms with Crippen LogP contribution >= 0.6 is 22.6 Å². The molecule has 1 heterocycles. The van der Waals surface area contributed by atoms with Crippen LogP contribution < -0.4 is 4.90 Å². The molecule has 3 aromatic carbocycles. The Morgan fingerprint density at radius 2 is 1.13 bits per heavy atom. The second-order valence-corrected chi connectivity index (χ2v) is 10.2. The van der Waals surface area contributed by atoms with E-state index in [0.29, 0.717) is 5.69 Å². The van der Waals surface area contributed by atoms with E-state index < -0.39 is 22.7 Å². The largest absolute Gasteiger partial charge is 0.274 e. The molecule has 0 saturated carbocycles. The van der Waals surface area contributed by atoms with Crippen LogP contribution in [0.1, 0.15) is 36.1 Å². The summed E-state index contributed by atoms with van der Waals surface area (Å²) < 4.78 is 1.01. The van der Waals surface area contributed by atoms with Crippen molar-refractivity contribution < 1.29 is 9.59 Å². The summed E-state index contributed by atoms with van der Waals surface area (Å²) in [5.74, 6) is -0.968. The minimum atomic E-state index is -0.529. The van der Waals surface area contributed by atoms with Crippen LogP contribution in [-0.4, -0.2) is 11.8 Å². The van der Waals surface area contributed by atoms with E-state index in [1.54, 1.807) is 0 Å². The highest BCUT2D eigenvalue weighted by molar-refractivity contribution is 14.1. The van der Waals surface area contributed by atoms with E-state index in [0.717, 1.165) is 3.57 Å². The third-order valence-electron chi connectivity index (χ3n) is 7.71. The Hall–Kier alpha value is -2.47. The van der Waals surface area contributed by atoms with Gasteiger partial charge < -0.3 is 0 Å². The number of carbonyl (C=O) groups excluding carboxylic acids is 2. The van der Waals surface area contributed by atoms with Crippen molar-refractivity contribution in [3.63, 3.8) is 0 Å². The van der Waals surface area contributed by atoms with Crippen LogP contribution in [0.3, 0.4) is 0 Å². The first-order valence-electron chi connectivity index (χ1n) is 10.2. The molecule has 1 fully saturated rings. The van der Waals surface area contributed by atoms with Crippen molar-refractivity contribution in [2.75, 3.05) is 4.90 Å². The highest BCUT2D eigenvalue weighted by Gasteiger charge is 2.70. The number of amides is 2. The summed E-state index contributed by atoms with van der Waals surface area (Å²) in [5, 5.41) is 0. The monoisotopic (exact) mass is 505 g/mol. The van der Waals surface area contributed by atoms with Crippen LogP contribution in [0.15, 0.2) is 72.8 Å². The maximum Gasteiger partial charge on any atom is 0.238 e. The average Bonchev–Trinajstić information content (AvgIpc) is 3.03. The standard InChI is InChI=1S/C26H20INO2/c1-25-17-10-3-5-12-19(17)26(2,20-13-6-4-11-18(20)25)22-21(25)23(29)28(24(22)30)16-9-7-8-15(27)14-16/h3-14,21-22H,1-2H3/t21-,22+,25?,26?. The number of imide groups is 1. The molecule has 7 rings (SSSR count). The zero-order chi connectivity index (χ0) is 20.8. The first-order chi connectivity index (χ1) is 14.4. The molecule has 30 heavy (non-hydrogen) atoms. The first kappa shape index (κ1) is 18.3. The smallest absolute Gasteiger partial charge is 0.238 e. The lowest BCUT2D eigenvalue weighted by molar-refractivity contribution is -0.124. The van der Waals surface area contributed by atoms with E-state index in [1.807, 2.05) is 48.5 Å². The molecule has 0 unspecified atom stereocenters. The third-order valence-corrected chi connectivity index (χ3v) is 8.38. The van der Waals surface area contributed by atoms with Gasteiger partial charge in [-0.1, -0.05) is 68.4 Å². The van der Waals surface area contributed by atoms with E-state index in [-0.39, 0.29) is 11.8 Å². The number of nitrogens with zero attached hydrogens (tertiary/aromatic N) is 1. The molecule has 2 atom stereocenters. The van der Waals surface area contributed by atoms with Crippen molar-refractivity contribution in [3.8, 4) is 0 Å². The van der Waals surface area contributed by atoms with Gasteiger partial charge in [-0.15, -0.1) is 0 Å². The fraction of sp³-hybridized carbons (Fsp3) is 0.231. The highest BCUT2D eigenvalue weighted by Crippen LogP contribution is 2.66. The van der Waals surface area contributed by atoms with Crippen molar-refractivity contribution >= 4 is 40.1 Å². The van der Waals surface area contributed by atoms with Gasteiger partial charge >= 0.3 is 0 Å².